The van der Waals surface area contributed by atoms with Gasteiger partial charge in [-0.1, -0.05) is 24.3 Å². The van der Waals surface area contributed by atoms with Gasteiger partial charge in [0.05, 0.1) is 13.2 Å². The second kappa shape index (κ2) is 7.96. The van der Waals surface area contributed by atoms with Gasteiger partial charge < -0.3 is 28.8 Å². The average Bonchev–Trinajstić information content (AvgIpc) is 3.17. The lowest BCUT2D eigenvalue weighted by Gasteiger charge is -2.31. The predicted molar refractivity (Wildman–Crippen MR) is 113 cm³/mol. The van der Waals surface area contributed by atoms with E-state index >= 15 is 0 Å². The van der Waals surface area contributed by atoms with Gasteiger partial charge in [-0.25, -0.2) is 0 Å². The molecule has 0 spiro atoms. The van der Waals surface area contributed by atoms with Crippen LogP contribution in [0.2, 0.25) is 0 Å². The van der Waals surface area contributed by atoms with Gasteiger partial charge in [-0.05, 0) is 31.2 Å². The number of carbonyl (C=O) groups is 2. The van der Waals surface area contributed by atoms with Crippen LogP contribution in [0.5, 0.6) is 11.5 Å². The second-order valence-electron chi connectivity index (χ2n) is 7.50. The van der Waals surface area contributed by atoms with Gasteiger partial charge >= 0.3 is 0 Å². The van der Waals surface area contributed by atoms with Crippen molar-refractivity contribution in [3.8, 4) is 11.5 Å². The minimum absolute atomic E-state index is 0.0984. The molecule has 2 atom stereocenters. The fourth-order valence-electron chi connectivity index (χ4n) is 3.83. The Labute approximate surface area is 178 Å². The summed E-state index contributed by atoms with van der Waals surface area (Å²) in [4.78, 5) is 28.0. The number of nitrogens with one attached hydrogen (secondary N) is 1. The first-order valence-electron chi connectivity index (χ1n) is 10.2. The summed E-state index contributed by atoms with van der Waals surface area (Å²) < 4.78 is 23.0. The van der Waals surface area contributed by atoms with Crippen LogP contribution in [0.25, 0.3) is 11.0 Å². The number of carbonyl (C=O) groups excluding carboxylic acids is 2. The number of nitrogens with zero attached hydrogens (tertiary/aromatic N) is 1. The lowest BCUT2D eigenvalue weighted by Crippen LogP contribution is -2.46. The van der Waals surface area contributed by atoms with Gasteiger partial charge in [0.1, 0.15) is 17.4 Å². The zero-order valence-electron chi connectivity index (χ0n) is 17.0. The Balaban J connectivity index is 1.45. The highest BCUT2D eigenvalue weighted by atomic mass is 16.6. The summed E-state index contributed by atoms with van der Waals surface area (Å²) in [6.45, 7) is 3.65. The molecule has 0 saturated carbocycles. The van der Waals surface area contributed by atoms with Crippen LogP contribution in [-0.2, 0) is 9.53 Å². The number of ether oxygens (including phenoxy) is 3. The summed E-state index contributed by atoms with van der Waals surface area (Å²) in [5.74, 6) is 0.498. The van der Waals surface area contributed by atoms with Crippen LogP contribution in [0.4, 0.5) is 5.69 Å². The van der Waals surface area contributed by atoms with Gasteiger partial charge in [-0.15, -0.1) is 0 Å². The largest absolute Gasteiger partial charge is 0.482 e. The Morgan fingerprint density at radius 3 is 2.42 bits per heavy atom. The zero-order valence-corrected chi connectivity index (χ0v) is 17.0. The first-order valence-corrected chi connectivity index (χ1v) is 10.2. The number of fused-ring (bicyclic) bond motifs is 2. The van der Waals surface area contributed by atoms with Gasteiger partial charge in [0.15, 0.2) is 11.5 Å². The molecule has 3 aromatic rings. The zero-order chi connectivity index (χ0) is 21.4. The number of amides is 2. The van der Waals surface area contributed by atoms with E-state index in [0.717, 1.165) is 0 Å². The predicted octanol–water partition coefficient (Wildman–Crippen LogP) is 3.07. The maximum absolute atomic E-state index is 13.2. The van der Waals surface area contributed by atoms with E-state index in [0.29, 0.717) is 54.5 Å². The van der Waals surface area contributed by atoms with Crippen molar-refractivity contribution < 1.29 is 28.2 Å². The summed E-state index contributed by atoms with van der Waals surface area (Å²) >= 11 is 0. The molecule has 8 nitrogen and oxygen atoms in total. The number of benzene rings is 2. The summed E-state index contributed by atoms with van der Waals surface area (Å²) in [6.07, 6.45) is -1.39. The Kier molecular flexibility index (Phi) is 4.99. The molecular formula is C23H22N2O6. The molecule has 2 aliphatic rings. The van der Waals surface area contributed by atoms with Crippen LogP contribution in [0, 0.1) is 0 Å². The first kappa shape index (κ1) is 19.4. The molecule has 1 aromatic heterocycles. The van der Waals surface area contributed by atoms with Crippen LogP contribution in [-0.4, -0.2) is 55.2 Å². The van der Waals surface area contributed by atoms with E-state index in [1.54, 1.807) is 30.0 Å². The maximum Gasteiger partial charge on any atom is 0.291 e. The van der Waals surface area contributed by atoms with Crippen molar-refractivity contribution in [2.75, 3.05) is 31.6 Å². The topological polar surface area (TPSA) is 90.2 Å². The Morgan fingerprint density at radius 1 is 0.968 bits per heavy atom. The molecule has 0 aliphatic carbocycles. The van der Waals surface area contributed by atoms with Crippen LogP contribution in [0.3, 0.4) is 0 Å². The standard InChI is InChI=1S/C23H22N2O6/c1-14-20(31-18-9-5-4-8-17(18)29-14)22(26)24-19-15-6-2-3-7-16(15)30-21(19)23(27)25-10-12-28-13-11-25/h2-9,14,20H,10-13H2,1H3,(H,24,26)/t14-,20-/m1/s1. The molecule has 1 fully saturated rings. The smallest absolute Gasteiger partial charge is 0.291 e. The maximum atomic E-state index is 13.2. The van der Waals surface area contributed by atoms with E-state index in [1.165, 1.54) is 0 Å². The van der Waals surface area contributed by atoms with Crippen molar-refractivity contribution in [3.05, 3.63) is 54.3 Å². The summed E-state index contributed by atoms with van der Waals surface area (Å²) in [5.41, 5.74) is 0.861. The molecule has 2 aromatic carbocycles. The normalized spacial score (nSPS) is 20.5. The lowest BCUT2D eigenvalue weighted by atomic mass is 10.1. The highest BCUT2D eigenvalue weighted by molar-refractivity contribution is 6.11. The highest BCUT2D eigenvalue weighted by Gasteiger charge is 2.36. The minimum atomic E-state index is -0.880. The average molecular weight is 422 g/mol. The number of furan rings is 1. The molecule has 0 unspecified atom stereocenters. The SMILES string of the molecule is C[C@H]1Oc2ccccc2O[C@H]1C(=O)Nc1c(C(=O)N2CCOCC2)oc2ccccc12. The van der Waals surface area contributed by atoms with Gasteiger partial charge in [0.25, 0.3) is 11.8 Å². The molecule has 5 rings (SSSR count). The third-order valence-electron chi connectivity index (χ3n) is 5.44. The third kappa shape index (κ3) is 3.59. The number of morpholine rings is 1. The molecular weight excluding hydrogens is 400 g/mol. The van der Waals surface area contributed by atoms with Gasteiger partial charge in [-0.2, -0.15) is 0 Å². The molecule has 3 heterocycles. The monoisotopic (exact) mass is 422 g/mol. The molecule has 2 amide bonds. The molecule has 0 bridgehead atoms. The Hall–Kier alpha value is -3.52. The van der Waals surface area contributed by atoms with Gasteiger partial charge in [-0.3, -0.25) is 9.59 Å². The van der Waals surface area contributed by atoms with E-state index < -0.39 is 18.1 Å². The summed E-state index contributed by atoms with van der Waals surface area (Å²) in [5, 5.41) is 3.52. The second-order valence-corrected chi connectivity index (χ2v) is 7.50. The highest BCUT2D eigenvalue weighted by Crippen LogP contribution is 2.35. The van der Waals surface area contributed by atoms with Crippen LogP contribution in [0.1, 0.15) is 17.5 Å². The van der Waals surface area contributed by atoms with Crippen LogP contribution >= 0.6 is 0 Å². The molecule has 0 radical (unpaired) electrons. The van der Waals surface area contributed by atoms with Crippen molar-refractivity contribution in [1.29, 1.82) is 0 Å². The van der Waals surface area contributed by atoms with Gasteiger partial charge in [0.2, 0.25) is 11.9 Å². The van der Waals surface area contributed by atoms with Crippen molar-refractivity contribution in [1.82, 2.24) is 4.90 Å². The molecule has 31 heavy (non-hydrogen) atoms. The molecule has 1 saturated heterocycles. The fraction of sp³-hybridized carbons (Fsp3) is 0.304. The first-order chi connectivity index (χ1) is 15.1. The number of para-hydroxylation sites is 3. The summed E-state index contributed by atoms with van der Waals surface area (Å²) in [6, 6.07) is 14.4. The van der Waals surface area contributed by atoms with Gasteiger partial charge in [0, 0.05) is 18.5 Å². The third-order valence-corrected chi connectivity index (χ3v) is 5.44. The van der Waals surface area contributed by atoms with E-state index in [-0.39, 0.29) is 11.7 Å². The van der Waals surface area contributed by atoms with Crippen LogP contribution < -0.4 is 14.8 Å². The molecule has 1 N–H and O–H groups in total. The fourth-order valence-corrected chi connectivity index (χ4v) is 3.83. The van der Waals surface area contributed by atoms with Crippen molar-refractivity contribution in [2.45, 2.75) is 19.1 Å². The lowest BCUT2D eigenvalue weighted by molar-refractivity contribution is -0.128. The number of hydrogen-bond acceptors (Lipinski definition) is 6. The van der Waals surface area contributed by atoms with E-state index in [2.05, 4.69) is 5.32 Å². The van der Waals surface area contributed by atoms with E-state index in [9.17, 15) is 9.59 Å². The van der Waals surface area contributed by atoms with Crippen molar-refractivity contribution in [3.63, 3.8) is 0 Å². The van der Waals surface area contributed by atoms with Crippen molar-refractivity contribution >= 4 is 28.5 Å². The molecule has 2 aliphatic heterocycles. The number of rotatable bonds is 3. The van der Waals surface area contributed by atoms with E-state index in [4.69, 9.17) is 18.6 Å². The number of anilines is 1. The Bertz CT molecular complexity index is 1130. The number of hydrogen-bond donors (Lipinski definition) is 1. The quantitative estimate of drug-likeness (QED) is 0.698. The molecule has 8 heteroatoms. The molecule has 160 valence electrons. The Morgan fingerprint density at radius 2 is 1.65 bits per heavy atom. The van der Waals surface area contributed by atoms with Crippen molar-refractivity contribution in [2.24, 2.45) is 0 Å². The van der Waals surface area contributed by atoms with Crippen LogP contribution in [0.15, 0.2) is 52.9 Å². The summed E-state index contributed by atoms with van der Waals surface area (Å²) in [7, 11) is 0. The minimum Gasteiger partial charge on any atom is -0.482 e. The van der Waals surface area contributed by atoms with E-state index in [1.807, 2.05) is 30.3 Å².